The summed E-state index contributed by atoms with van der Waals surface area (Å²) < 4.78 is 0. The van der Waals surface area contributed by atoms with Gasteiger partial charge in [-0.3, -0.25) is 9.98 Å². The maximum Gasteiger partial charge on any atom is 0.191 e. The van der Waals surface area contributed by atoms with Gasteiger partial charge >= 0.3 is 0 Å². The van der Waals surface area contributed by atoms with Crippen molar-refractivity contribution in [2.24, 2.45) is 4.99 Å². The lowest BCUT2D eigenvalue weighted by molar-refractivity contribution is 0.170. The molecule has 1 atom stereocenters. The molecule has 0 fully saturated rings. The van der Waals surface area contributed by atoms with E-state index in [-0.39, 0.29) is 0 Å². The van der Waals surface area contributed by atoms with Crippen LogP contribution in [-0.2, 0) is 6.42 Å². The minimum atomic E-state index is -0.480. The summed E-state index contributed by atoms with van der Waals surface area (Å²) in [6.07, 6.45) is 2.93. The highest BCUT2D eigenvalue weighted by atomic mass is 16.3. The maximum absolute atomic E-state index is 10.2. The summed E-state index contributed by atoms with van der Waals surface area (Å²) in [6, 6.07) is 13.8. The SMILES string of the molecule is CCNC(=NCCC(O)c1ccccc1)NCCc1ccc(C)nc1. The van der Waals surface area contributed by atoms with Crippen LogP contribution >= 0.6 is 0 Å². The second-order valence-corrected chi connectivity index (χ2v) is 5.96. The fraction of sp³-hybridized carbons (Fsp3) is 0.400. The van der Waals surface area contributed by atoms with E-state index in [1.807, 2.05) is 56.4 Å². The topological polar surface area (TPSA) is 69.5 Å². The van der Waals surface area contributed by atoms with Crippen molar-refractivity contribution in [2.45, 2.75) is 32.8 Å². The zero-order valence-electron chi connectivity index (χ0n) is 15.1. The third-order valence-corrected chi connectivity index (χ3v) is 3.88. The molecule has 1 heterocycles. The fourth-order valence-corrected chi connectivity index (χ4v) is 2.45. The molecule has 0 aliphatic carbocycles. The Balaban J connectivity index is 1.78. The van der Waals surface area contributed by atoms with Crippen LogP contribution in [0.2, 0.25) is 0 Å². The molecule has 0 aliphatic heterocycles. The van der Waals surface area contributed by atoms with Crippen molar-refractivity contribution in [1.82, 2.24) is 15.6 Å². The Morgan fingerprint density at radius 3 is 2.64 bits per heavy atom. The number of rotatable bonds is 8. The highest BCUT2D eigenvalue weighted by Crippen LogP contribution is 2.15. The van der Waals surface area contributed by atoms with Crippen LogP contribution in [-0.4, -0.2) is 35.7 Å². The number of aryl methyl sites for hydroxylation is 1. The first-order valence-corrected chi connectivity index (χ1v) is 8.85. The van der Waals surface area contributed by atoms with Crippen molar-refractivity contribution in [3.63, 3.8) is 0 Å². The van der Waals surface area contributed by atoms with Gasteiger partial charge in [-0.2, -0.15) is 0 Å². The van der Waals surface area contributed by atoms with E-state index >= 15 is 0 Å². The largest absolute Gasteiger partial charge is 0.388 e. The first-order valence-electron chi connectivity index (χ1n) is 8.85. The standard InChI is InChI=1S/C20H28N4O/c1-3-21-20(22-13-11-17-10-9-16(2)24-15-17)23-14-12-19(25)18-7-5-4-6-8-18/h4-10,15,19,25H,3,11-14H2,1-2H3,(H2,21,22,23). The highest BCUT2D eigenvalue weighted by molar-refractivity contribution is 5.79. The number of guanidine groups is 1. The molecule has 0 aliphatic rings. The molecule has 0 radical (unpaired) electrons. The van der Waals surface area contributed by atoms with Gasteiger partial charge < -0.3 is 15.7 Å². The van der Waals surface area contributed by atoms with E-state index < -0.39 is 6.10 Å². The Bertz CT molecular complexity index is 641. The van der Waals surface area contributed by atoms with Crippen molar-refractivity contribution in [3.8, 4) is 0 Å². The second kappa shape index (κ2) is 10.5. The first kappa shape index (κ1) is 18.9. The Kier molecular flexibility index (Phi) is 7.92. The predicted octanol–water partition coefficient (Wildman–Crippen LogP) is 2.61. The molecule has 1 aromatic heterocycles. The first-order chi connectivity index (χ1) is 12.2. The number of nitrogens with one attached hydrogen (secondary N) is 2. The molecule has 0 amide bonds. The molecule has 134 valence electrons. The molecule has 2 aromatic rings. The molecule has 1 unspecified atom stereocenters. The molecular weight excluding hydrogens is 312 g/mol. The average molecular weight is 340 g/mol. The average Bonchev–Trinajstić information content (AvgIpc) is 2.64. The van der Waals surface area contributed by atoms with E-state index in [0.717, 1.165) is 36.7 Å². The number of aliphatic hydroxyl groups is 1. The van der Waals surface area contributed by atoms with E-state index in [2.05, 4.69) is 26.7 Å². The van der Waals surface area contributed by atoms with E-state index in [4.69, 9.17) is 0 Å². The third-order valence-electron chi connectivity index (χ3n) is 3.88. The number of nitrogens with zero attached hydrogens (tertiary/aromatic N) is 2. The van der Waals surface area contributed by atoms with E-state index in [9.17, 15) is 5.11 Å². The predicted molar refractivity (Wildman–Crippen MR) is 103 cm³/mol. The van der Waals surface area contributed by atoms with Crippen LogP contribution in [0.15, 0.2) is 53.7 Å². The minimum absolute atomic E-state index is 0.480. The summed E-state index contributed by atoms with van der Waals surface area (Å²) in [4.78, 5) is 8.85. The van der Waals surface area contributed by atoms with Crippen molar-refractivity contribution in [3.05, 3.63) is 65.5 Å². The molecular formula is C20H28N4O. The van der Waals surface area contributed by atoms with Crippen LogP contribution < -0.4 is 10.6 Å². The molecule has 25 heavy (non-hydrogen) atoms. The Morgan fingerprint density at radius 2 is 1.96 bits per heavy atom. The lowest BCUT2D eigenvalue weighted by Gasteiger charge is -2.13. The lowest BCUT2D eigenvalue weighted by atomic mass is 10.1. The molecule has 0 bridgehead atoms. The van der Waals surface area contributed by atoms with Gasteiger partial charge in [-0.25, -0.2) is 0 Å². The normalized spacial score (nSPS) is 12.7. The summed E-state index contributed by atoms with van der Waals surface area (Å²) in [5, 5.41) is 16.8. The van der Waals surface area contributed by atoms with Gasteiger partial charge in [0.1, 0.15) is 0 Å². The molecule has 0 saturated carbocycles. The van der Waals surface area contributed by atoms with Gasteiger partial charge in [0, 0.05) is 31.5 Å². The maximum atomic E-state index is 10.2. The zero-order valence-corrected chi connectivity index (χ0v) is 15.1. The molecule has 2 rings (SSSR count). The van der Waals surface area contributed by atoms with Gasteiger partial charge in [0.2, 0.25) is 0 Å². The summed E-state index contributed by atoms with van der Waals surface area (Å²) in [6.45, 7) is 6.19. The van der Waals surface area contributed by atoms with Crippen LogP contribution in [0.1, 0.15) is 36.3 Å². The molecule has 0 saturated heterocycles. The van der Waals surface area contributed by atoms with Crippen molar-refractivity contribution >= 4 is 5.96 Å². The number of benzene rings is 1. The van der Waals surface area contributed by atoms with Gasteiger partial charge in [0.05, 0.1) is 6.10 Å². The zero-order chi connectivity index (χ0) is 17.9. The fourth-order valence-electron chi connectivity index (χ4n) is 2.45. The number of pyridine rings is 1. The summed E-state index contributed by atoms with van der Waals surface area (Å²) in [7, 11) is 0. The Labute approximate surface area is 150 Å². The van der Waals surface area contributed by atoms with Crippen LogP contribution in [0.25, 0.3) is 0 Å². The summed E-state index contributed by atoms with van der Waals surface area (Å²) >= 11 is 0. The lowest BCUT2D eigenvalue weighted by Crippen LogP contribution is -2.38. The van der Waals surface area contributed by atoms with E-state index in [0.29, 0.717) is 13.0 Å². The smallest absolute Gasteiger partial charge is 0.191 e. The van der Waals surface area contributed by atoms with Crippen LogP contribution in [0, 0.1) is 6.92 Å². The van der Waals surface area contributed by atoms with Crippen molar-refractivity contribution in [1.29, 1.82) is 0 Å². The number of aliphatic imine (C=N–C) groups is 1. The number of hydrogen-bond donors (Lipinski definition) is 3. The molecule has 5 heteroatoms. The number of aromatic nitrogens is 1. The monoisotopic (exact) mass is 340 g/mol. The van der Waals surface area contributed by atoms with E-state index in [1.165, 1.54) is 5.56 Å². The summed E-state index contributed by atoms with van der Waals surface area (Å²) in [5.41, 5.74) is 3.17. The van der Waals surface area contributed by atoms with E-state index in [1.54, 1.807) is 0 Å². The van der Waals surface area contributed by atoms with Crippen LogP contribution in [0.4, 0.5) is 0 Å². The molecule has 3 N–H and O–H groups in total. The van der Waals surface area contributed by atoms with Crippen molar-refractivity contribution in [2.75, 3.05) is 19.6 Å². The number of aliphatic hydroxyl groups excluding tert-OH is 1. The third kappa shape index (κ3) is 6.93. The quantitative estimate of drug-likeness (QED) is 0.510. The molecule has 0 spiro atoms. The van der Waals surface area contributed by atoms with Gasteiger partial charge in [-0.1, -0.05) is 36.4 Å². The highest BCUT2D eigenvalue weighted by Gasteiger charge is 2.06. The summed E-state index contributed by atoms with van der Waals surface area (Å²) in [5.74, 6) is 0.780. The van der Waals surface area contributed by atoms with Gasteiger partial charge in [-0.15, -0.1) is 0 Å². The number of hydrogen-bond acceptors (Lipinski definition) is 3. The Hall–Kier alpha value is -2.40. The Morgan fingerprint density at radius 1 is 1.16 bits per heavy atom. The second-order valence-electron chi connectivity index (χ2n) is 5.96. The van der Waals surface area contributed by atoms with Crippen molar-refractivity contribution < 1.29 is 5.11 Å². The molecule has 1 aromatic carbocycles. The van der Waals surface area contributed by atoms with Crippen LogP contribution in [0.5, 0.6) is 0 Å². The van der Waals surface area contributed by atoms with Crippen LogP contribution in [0.3, 0.4) is 0 Å². The molecule has 5 nitrogen and oxygen atoms in total. The van der Waals surface area contributed by atoms with Gasteiger partial charge in [-0.05, 0) is 43.9 Å². The van der Waals surface area contributed by atoms with Gasteiger partial charge in [0.15, 0.2) is 5.96 Å². The van der Waals surface area contributed by atoms with Gasteiger partial charge in [0.25, 0.3) is 0 Å². The minimum Gasteiger partial charge on any atom is -0.388 e.